The van der Waals surface area contributed by atoms with Crippen LogP contribution >= 0.6 is 11.6 Å². The Morgan fingerprint density at radius 2 is 2.38 bits per heavy atom. The van der Waals surface area contributed by atoms with Crippen LogP contribution in [0.5, 0.6) is 5.75 Å². The van der Waals surface area contributed by atoms with Crippen LogP contribution < -0.4 is 4.74 Å². The minimum atomic E-state index is 0.424. The van der Waals surface area contributed by atoms with E-state index in [0.29, 0.717) is 11.3 Å². The van der Waals surface area contributed by atoms with Crippen molar-refractivity contribution in [2.24, 2.45) is 0 Å². The fraction of sp³-hybridized carbons (Fsp3) is 0.500. The molecule has 2 nitrogen and oxygen atoms in total. The molecule has 0 aromatic carbocycles. The summed E-state index contributed by atoms with van der Waals surface area (Å²) in [5, 5.41) is 0.542. The smallest absolute Gasteiger partial charge is 0.141 e. The topological polar surface area (TPSA) is 22.1 Å². The van der Waals surface area contributed by atoms with Gasteiger partial charge < -0.3 is 4.74 Å². The lowest BCUT2D eigenvalue weighted by Crippen LogP contribution is -1.99. The Balaban J connectivity index is 2.21. The van der Waals surface area contributed by atoms with E-state index in [0.717, 1.165) is 17.7 Å². The summed E-state index contributed by atoms with van der Waals surface area (Å²) in [5.74, 6) is 0.898. The van der Waals surface area contributed by atoms with Gasteiger partial charge in [0, 0.05) is 0 Å². The van der Waals surface area contributed by atoms with Gasteiger partial charge >= 0.3 is 0 Å². The van der Waals surface area contributed by atoms with E-state index in [1.807, 2.05) is 6.07 Å². The van der Waals surface area contributed by atoms with Crippen molar-refractivity contribution in [2.45, 2.75) is 32.3 Å². The summed E-state index contributed by atoms with van der Waals surface area (Å²) in [6, 6.07) is 1.87. The van der Waals surface area contributed by atoms with Crippen molar-refractivity contribution in [3.8, 4) is 5.75 Å². The molecule has 0 spiro atoms. The van der Waals surface area contributed by atoms with E-state index in [1.54, 1.807) is 6.20 Å². The van der Waals surface area contributed by atoms with Gasteiger partial charge in [-0.2, -0.15) is 0 Å². The maximum atomic E-state index is 5.78. The van der Waals surface area contributed by atoms with Gasteiger partial charge in [-0.15, -0.1) is 0 Å². The van der Waals surface area contributed by atoms with Gasteiger partial charge in [-0.1, -0.05) is 18.5 Å². The molecule has 13 heavy (non-hydrogen) atoms. The largest absolute Gasteiger partial charge is 0.489 e. The third-order valence-corrected chi connectivity index (χ3v) is 2.32. The van der Waals surface area contributed by atoms with Gasteiger partial charge in [0.2, 0.25) is 0 Å². The third kappa shape index (κ3) is 2.13. The predicted molar refractivity (Wildman–Crippen MR) is 52.3 cm³/mol. The Morgan fingerprint density at radius 3 is 3.00 bits per heavy atom. The summed E-state index contributed by atoms with van der Waals surface area (Å²) < 4.78 is 5.68. The Kier molecular flexibility index (Phi) is 2.40. The molecule has 0 amide bonds. The number of ether oxygens (including phenoxy) is 1. The first kappa shape index (κ1) is 8.82. The molecule has 1 aliphatic rings. The van der Waals surface area contributed by atoms with E-state index >= 15 is 0 Å². The normalized spacial score (nSPS) is 15.8. The SMILES string of the molecule is CCc1cc(Cl)ncc1OC1CC1. The Labute approximate surface area is 82.9 Å². The monoisotopic (exact) mass is 197 g/mol. The minimum Gasteiger partial charge on any atom is -0.489 e. The molecular formula is C10H12ClNO. The van der Waals surface area contributed by atoms with Crippen LogP contribution in [0.2, 0.25) is 5.15 Å². The molecule has 1 aromatic rings. The van der Waals surface area contributed by atoms with Crippen molar-refractivity contribution in [2.75, 3.05) is 0 Å². The van der Waals surface area contributed by atoms with Crippen molar-refractivity contribution < 1.29 is 4.74 Å². The highest BCUT2D eigenvalue weighted by Crippen LogP contribution is 2.29. The molecule has 1 aromatic heterocycles. The van der Waals surface area contributed by atoms with Crippen LogP contribution in [0, 0.1) is 0 Å². The van der Waals surface area contributed by atoms with Crippen molar-refractivity contribution in [3.63, 3.8) is 0 Å². The first-order chi connectivity index (χ1) is 6.29. The predicted octanol–water partition coefficient (Wildman–Crippen LogP) is 2.84. The molecule has 1 heterocycles. The molecule has 0 aliphatic heterocycles. The average molecular weight is 198 g/mol. The zero-order valence-electron chi connectivity index (χ0n) is 7.59. The number of pyridine rings is 1. The molecule has 2 rings (SSSR count). The summed E-state index contributed by atoms with van der Waals surface area (Å²) in [7, 11) is 0. The van der Waals surface area contributed by atoms with Crippen LogP contribution in [-0.2, 0) is 6.42 Å². The third-order valence-electron chi connectivity index (χ3n) is 2.11. The quantitative estimate of drug-likeness (QED) is 0.696. The van der Waals surface area contributed by atoms with Gasteiger partial charge in [-0.25, -0.2) is 4.98 Å². The van der Waals surface area contributed by atoms with Gasteiger partial charge in [0.15, 0.2) is 0 Å². The number of hydrogen-bond acceptors (Lipinski definition) is 2. The fourth-order valence-electron chi connectivity index (χ4n) is 1.20. The Morgan fingerprint density at radius 1 is 1.62 bits per heavy atom. The molecule has 0 unspecified atom stereocenters. The molecular weight excluding hydrogens is 186 g/mol. The number of nitrogens with zero attached hydrogens (tertiary/aromatic N) is 1. The lowest BCUT2D eigenvalue weighted by molar-refractivity contribution is 0.299. The maximum absolute atomic E-state index is 5.78. The van der Waals surface area contributed by atoms with Crippen LogP contribution in [0.4, 0.5) is 0 Å². The second-order valence-corrected chi connectivity index (χ2v) is 3.67. The highest BCUT2D eigenvalue weighted by Gasteiger charge is 2.24. The molecule has 0 N–H and O–H groups in total. The van der Waals surface area contributed by atoms with E-state index < -0.39 is 0 Å². The van der Waals surface area contributed by atoms with E-state index in [2.05, 4.69) is 11.9 Å². The number of aromatic nitrogens is 1. The summed E-state index contributed by atoms with van der Waals surface area (Å²) >= 11 is 5.78. The average Bonchev–Trinajstić information content (AvgIpc) is 2.92. The molecule has 0 radical (unpaired) electrons. The molecule has 0 saturated heterocycles. The number of hydrogen-bond donors (Lipinski definition) is 0. The van der Waals surface area contributed by atoms with Crippen LogP contribution in [0.25, 0.3) is 0 Å². The van der Waals surface area contributed by atoms with Gasteiger partial charge in [0.25, 0.3) is 0 Å². The van der Waals surface area contributed by atoms with Crippen LogP contribution in [0.1, 0.15) is 25.3 Å². The molecule has 1 fully saturated rings. The number of aryl methyl sites for hydroxylation is 1. The van der Waals surface area contributed by atoms with Crippen molar-refractivity contribution >= 4 is 11.6 Å². The van der Waals surface area contributed by atoms with E-state index in [4.69, 9.17) is 16.3 Å². The zero-order chi connectivity index (χ0) is 9.26. The van der Waals surface area contributed by atoms with Gasteiger partial charge in [0.1, 0.15) is 10.9 Å². The van der Waals surface area contributed by atoms with Crippen LogP contribution in [0.3, 0.4) is 0 Å². The summed E-state index contributed by atoms with van der Waals surface area (Å²) in [6.07, 6.45) is 5.43. The van der Waals surface area contributed by atoms with Crippen molar-refractivity contribution in [1.29, 1.82) is 0 Å². The van der Waals surface area contributed by atoms with Crippen LogP contribution in [-0.4, -0.2) is 11.1 Å². The minimum absolute atomic E-state index is 0.424. The van der Waals surface area contributed by atoms with Crippen molar-refractivity contribution in [3.05, 3.63) is 23.0 Å². The zero-order valence-corrected chi connectivity index (χ0v) is 8.34. The fourth-order valence-corrected chi connectivity index (χ4v) is 1.38. The summed E-state index contributed by atoms with van der Waals surface area (Å²) in [5.41, 5.74) is 1.15. The molecule has 70 valence electrons. The molecule has 1 aliphatic carbocycles. The number of rotatable bonds is 3. The number of halogens is 1. The Bertz CT molecular complexity index is 310. The molecule has 0 bridgehead atoms. The van der Waals surface area contributed by atoms with Gasteiger partial charge in [0.05, 0.1) is 12.3 Å². The van der Waals surface area contributed by atoms with Gasteiger partial charge in [-0.3, -0.25) is 0 Å². The molecule has 0 atom stereocenters. The van der Waals surface area contributed by atoms with Gasteiger partial charge in [-0.05, 0) is 30.9 Å². The lowest BCUT2D eigenvalue weighted by Gasteiger charge is -2.08. The van der Waals surface area contributed by atoms with Crippen molar-refractivity contribution in [1.82, 2.24) is 4.98 Å². The summed E-state index contributed by atoms with van der Waals surface area (Å²) in [6.45, 7) is 2.09. The Hall–Kier alpha value is -0.760. The van der Waals surface area contributed by atoms with E-state index in [-0.39, 0.29) is 0 Å². The van der Waals surface area contributed by atoms with Crippen LogP contribution in [0.15, 0.2) is 12.3 Å². The first-order valence-corrected chi connectivity index (χ1v) is 4.98. The summed E-state index contributed by atoms with van der Waals surface area (Å²) in [4.78, 5) is 4.01. The maximum Gasteiger partial charge on any atom is 0.141 e. The lowest BCUT2D eigenvalue weighted by atomic mass is 10.2. The standard InChI is InChI=1S/C10H12ClNO/c1-2-7-5-10(11)12-6-9(7)13-8-3-4-8/h5-6,8H,2-4H2,1H3. The van der Waals surface area contributed by atoms with E-state index in [9.17, 15) is 0 Å². The second kappa shape index (κ2) is 3.54. The highest BCUT2D eigenvalue weighted by molar-refractivity contribution is 6.29. The van der Waals surface area contributed by atoms with E-state index in [1.165, 1.54) is 12.8 Å². The first-order valence-electron chi connectivity index (χ1n) is 4.60. The highest BCUT2D eigenvalue weighted by atomic mass is 35.5. The molecule has 1 saturated carbocycles. The molecule has 3 heteroatoms. The second-order valence-electron chi connectivity index (χ2n) is 3.29.